The van der Waals surface area contributed by atoms with Crippen molar-refractivity contribution >= 4 is 5.91 Å². The lowest BCUT2D eigenvalue weighted by Crippen LogP contribution is -2.30. The quantitative estimate of drug-likeness (QED) is 0.852. The molecule has 0 fully saturated rings. The molecule has 0 aliphatic heterocycles. The predicted octanol–water partition coefficient (Wildman–Crippen LogP) is 2.30. The zero-order valence-electron chi connectivity index (χ0n) is 12.9. The zero-order chi connectivity index (χ0) is 16.5. The first-order chi connectivity index (χ1) is 11.2. The van der Waals surface area contributed by atoms with E-state index in [0.717, 1.165) is 17.7 Å². The van der Waals surface area contributed by atoms with E-state index in [1.54, 1.807) is 31.4 Å². The van der Waals surface area contributed by atoms with Crippen LogP contribution in [0.25, 0.3) is 0 Å². The average molecular weight is 310 g/mol. The largest absolute Gasteiger partial charge is 0.497 e. The van der Waals surface area contributed by atoms with Crippen LogP contribution in [0.1, 0.15) is 11.1 Å². The monoisotopic (exact) mass is 310 g/mol. The van der Waals surface area contributed by atoms with Gasteiger partial charge in [-0.15, -0.1) is 0 Å². The van der Waals surface area contributed by atoms with Crippen LogP contribution in [0.4, 0.5) is 0 Å². The first kappa shape index (κ1) is 16.4. The van der Waals surface area contributed by atoms with Crippen LogP contribution in [0.3, 0.4) is 0 Å². The summed E-state index contributed by atoms with van der Waals surface area (Å²) in [6.07, 6.45) is 0.727. The highest BCUT2D eigenvalue weighted by Crippen LogP contribution is 2.16. The number of benzene rings is 2. The molecule has 0 aliphatic rings. The van der Waals surface area contributed by atoms with Crippen LogP contribution in [0.2, 0.25) is 0 Å². The highest BCUT2D eigenvalue weighted by atomic mass is 16.5. The maximum absolute atomic E-state index is 11.8. The van der Waals surface area contributed by atoms with Crippen molar-refractivity contribution in [1.29, 1.82) is 5.26 Å². The van der Waals surface area contributed by atoms with Crippen LogP contribution in [0.5, 0.6) is 11.5 Å². The Hall–Kier alpha value is -3.00. The van der Waals surface area contributed by atoms with E-state index in [1.165, 1.54) is 0 Å². The SMILES string of the molecule is COc1ccc(CCNC(=O)COc2ccccc2C#N)cc1. The number of carbonyl (C=O) groups is 1. The molecule has 0 aliphatic carbocycles. The Kier molecular flexibility index (Phi) is 6.01. The van der Waals surface area contributed by atoms with Gasteiger partial charge in [-0.05, 0) is 36.2 Å². The number of hydrogen-bond donors (Lipinski definition) is 1. The smallest absolute Gasteiger partial charge is 0.257 e. The minimum Gasteiger partial charge on any atom is -0.497 e. The van der Waals surface area contributed by atoms with Crippen molar-refractivity contribution < 1.29 is 14.3 Å². The summed E-state index contributed by atoms with van der Waals surface area (Å²) in [7, 11) is 1.62. The molecule has 2 aromatic rings. The molecule has 118 valence electrons. The predicted molar refractivity (Wildman–Crippen MR) is 86.4 cm³/mol. The summed E-state index contributed by atoms with van der Waals surface area (Å²) in [5.74, 6) is 1.01. The molecule has 23 heavy (non-hydrogen) atoms. The summed E-state index contributed by atoms with van der Waals surface area (Å²) in [5, 5.41) is 11.7. The summed E-state index contributed by atoms with van der Waals surface area (Å²) in [6, 6.07) is 16.6. The van der Waals surface area contributed by atoms with E-state index in [4.69, 9.17) is 14.7 Å². The second-order valence-corrected chi connectivity index (χ2v) is 4.84. The Morgan fingerprint density at radius 1 is 1.17 bits per heavy atom. The molecule has 0 bridgehead atoms. The van der Waals surface area contributed by atoms with Gasteiger partial charge in [0.2, 0.25) is 0 Å². The number of rotatable bonds is 7. The molecule has 0 radical (unpaired) electrons. The van der Waals surface area contributed by atoms with Crippen LogP contribution in [-0.2, 0) is 11.2 Å². The van der Waals surface area contributed by atoms with Gasteiger partial charge in [0.05, 0.1) is 12.7 Å². The summed E-state index contributed by atoms with van der Waals surface area (Å²) < 4.78 is 10.5. The van der Waals surface area contributed by atoms with E-state index in [-0.39, 0.29) is 12.5 Å². The van der Waals surface area contributed by atoms with E-state index in [2.05, 4.69) is 5.32 Å². The van der Waals surface area contributed by atoms with Crippen LogP contribution in [0.15, 0.2) is 48.5 Å². The molecular formula is C18H18N2O3. The van der Waals surface area contributed by atoms with E-state index in [9.17, 15) is 4.79 Å². The van der Waals surface area contributed by atoms with Gasteiger partial charge < -0.3 is 14.8 Å². The van der Waals surface area contributed by atoms with Gasteiger partial charge in [-0.3, -0.25) is 4.79 Å². The van der Waals surface area contributed by atoms with Crippen molar-refractivity contribution in [1.82, 2.24) is 5.32 Å². The van der Waals surface area contributed by atoms with Gasteiger partial charge in [-0.25, -0.2) is 0 Å². The Labute approximate surface area is 135 Å². The average Bonchev–Trinajstić information content (AvgIpc) is 2.60. The number of hydrogen-bond acceptors (Lipinski definition) is 4. The Balaban J connectivity index is 1.73. The standard InChI is InChI=1S/C18H18N2O3/c1-22-16-8-6-14(7-9-16)10-11-20-18(21)13-23-17-5-3-2-4-15(17)12-19/h2-9H,10-11,13H2,1H3,(H,20,21). The molecule has 0 saturated heterocycles. The molecule has 2 aromatic carbocycles. The first-order valence-corrected chi connectivity index (χ1v) is 7.24. The first-order valence-electron chi connectivity index (χ1n) is 7.24. The molecule has 0 saturated carbocycles. The minimum absolute atomic E-state index is 0.110. The number of nitrogens with zero attached hydrogens (tertiary/aromatic N) is 1. The Morgan fingerprint density at radius 2 is 1.91 bits per heavy atom. The maximum Gasteiger partial charge on any atom is 0.257 e. The van der Waals surface area contributed by atoms with Gasteiger partial charge >= 0.3 is 0 Å². The number of amides is 1. The molecule has 0 spiro atoms. The molecular weight excluding hydrogens is 292 g/mol. The van der Waals surface area contributed by atoms with Crippen LogP contribution in [0, 0.1) is 11.3 Å². The van der Waals surface area contributed by atoms with Crippen LogP contribution < -0.4 is 14.8 Å². The molecule has 1 N–H and O–H groups in total. The van der Waals surface area contributed by atoms with Crippen molar-refractivity contribution in [2.24, 2.45) is 0 Å². The third-order valence-corrected chi connectivity index (χ3v) is 3.26. The molecule has 2 rings (SSSR count). The highest BCUT2D eigenvalue weighted by Gasteiger charge is 2.06. The molecule has 5 heteroatoms. The van der Waals surface area contributed by atoms with Crippen molar-refractivity contribution in [2.75, 3.05) is 20.3 Å². The fourth-order valence-corrected chi connectivity index (χ4v) is 2.02. The lowest BCUT2D eigenvalue weighted by atomic mass is 10.1. The van der Waals surface area contributed by atoms with Gasteiger partial charge in [0.15, 0.2) is 6.61 Å². The number of methoxy groups -OCH3 is 1. The van der Waals surface area contributed by atoms with Crippen molar-refractivity contribution in [3.63, 3.8) is 0 Å². The topological polar surface area (TPSA) is 71.3 Å². The van der Waals surface area contributed by atoms with Crippen molar-refractivity contribution in [3.8, 4) is 17.6 Å². The van der Waals surface area contributed by atoms with E-state index in [0.29, 0.717) is 17.9 Å². The third-order valence-electron chi connectivity index (χ3n) is 3.26. The Morgan fingerprint density at radius 3 is 2.61 bits per heavy atom. The van der Waals surface area contributed by atoms with Crippen molar-refractivity contribution in [2.45, 2.75) is 6.42 Å². The second kappa shape index (κ2) is 8.44. The molecule has 5 nitrogen and oxygen atoms in total. The van der Waals surface area contributed by atoms with E-state index < -0.39 is 0 Å². The molecule has 1 amide bonds. The van der Waals surface area contributed by atoms with Crippen molar-refractivity contribution in [3.05, 3.63) is 59.7 Å². The van der Waals surface area contributed by atoms with Gasteiger partial charge in [0.1, 0.15) is 17.6 Å². The Bertz CT molecular complexity index is 690. The number of para-hydroxylation sites is 1. The van der Waals surface area contributed by atoms with Gasteiger partial charge in [0, 0.05) is 6.54 Å². The lowest BCUT2D eigenvalue weighted by Gasteiger charge is -2.09. The van der Waals surface area contributed by atoms with Gasteiger partial charge in [-0.1, -0.05) is 24.3 Å². The number of nitriles is 1. The van der Waals surface area contributed by atoms with Crippen LogP contribution in [-0.4, -0.2) is 26.2 Å². The zero-order valence-corrected chi connectivity index (χ0v) is 12.9. The normalized spacial score (nSPS) is 9.74. The van der Waals surface area contributed by atoms with Crippen LogP contribution >= 0.6 is 0 Å². The summed E-state index contributed by atoms with van der Waals surface area (Å²) in [5.41, 5.74) is 1.53. The second-order valence-electron chi connectivity index (χ2n) is 4.84. The summed E-state index contributed by atoms with van der Waals surface area (Å²) >= 11 is 0. The lowest BCUT2D eigenvalue weighted by molar-refractivity contribution is -0.123. The number of carbonyl (C=O) groups excluding carboxylic acids is 1. The minimum atomic E-state index is -0.216. The maximum atomic E-state index is 11.8. The van der Waals surface area contributed by atoms with Gasteiger partial charge in [-0.2, -0.15) is 5.26 Å². The fraction of sp³-hybridized carbons (Fsp3) is 0.222. The summed E-state index contributed by atoms with van der Waals surface area (Å²) in [4.78, 5) is 11.8. The number of ether oxygens (including phenoxy) is 2. The van der Waals surface area contributed by atoms with E-state index in [1.807, 2.05) is 30.3 Å². The molecule has 0 aromatic heterocycles. The fourth-order valence-electron chi connectivity index (χ4n) is 2.02. The number of nitrogens with one attached hydrogen (secondary N) is 1. The molecule has 0 heterocycles. The molecule has 0 atom stereocenters. The third kappa shape index (κ3) is 5.04. The van der Waals surface area contributed by atoms with Gasteiger partial charge in [0.25, 0.3) is 5.91 Å². The molecule has 0 unspecified atom stereocenters. The summed E-state index contributed by atoms with van der Waals surface area (Å²) in [6.45, 7) is 0.412. The van der Waals surface area contributed by atoms with E-state index >= 15 is 0 Å². The highest BCUT2D eigenvalue weighted by molar-refractivity contribution is 5.77.